The third kappa shape index (κ3) is 5.02. The van der Waals surface area contributed by atoms with Gasteiger partial charge in [0, 0.05) is 6.08 Å². The zero-order valence-electron chi connectivity index (χ0n) is 10.1. The molecule has 0 aromatic heterocycles. The lowest BCUT2D eigenvalue weighted by Gasteiger charge is -2.00. The SMILES string of the molecule is COC(=O)/C=C\C=C\Cc1ccc(OC)cc1. The molecule has 0 radical (unpaired) electrons. The third-order valence-electron chi connectivity index (χ3n) is 2.19. The first-order valence-corrected chi connectivity index (χ1v) is 5.30. The molecule has 1 aromatic rings. The van der Waals surface area contributed by atoms with Crippen LogP contribution < -0.4 is 4.74 Å². The highest BCUT2D eigenvalue weighted by molar-refractivity contribution is 5.82. The lowest BCUT2D eigenvalue weighted by Crippen LogP contribution is -1.92. The van der Waals surface area contributed by atoms with Gasteiger partial charge in [0.25, 0.3) is 0 Å². The van der Waals surface area contributed by atoms with E-state index in [4.69, 9.17) is 4.74 Å². The molecule has 3 heteroatoms. The molecule has 0 unspecified atom stereocenters. The van der Waals surface area contributed by atoms with Gasteiger partial charge in [-0.05, 0) is 24.1 Å². The van der Waals surface area contributed by atoms with E-state index in [-0.39, 0.29) is 5.97 Å². The Balaban J connectivity index is 2.41. The van der Waals surface area contributed by atoms with E-state index >= 15 is 0 Å². The minimum atomic E-state index is -0.348. The molecule has 0 heterocycles. The van der Waals surface area contributed by atoms with Crippen LogP contribution in [0.2, 0.25) is 0 Å². The first-order chi connectivity index (χ1) is 8.26. The fourth-order valence-electron chi connectivity index (χ4n) is 1.25. The predicted octanol–water partition coefficient (Wildman–Crippen LogP) is 2.52. The second-order valence-electron chi connectivity index (χ2n) is 3.36. The minimum absolute atomic E-state index is 0.348. The van der Waals surface area contributed by atoms with Crippen molar-refractivity contribution < 1.29 is 14.3 Å². The Morgan fingerprint density at radius 2 is 1.88 bits per heavy atom. The predicted molar refractivity (Wildman–Crippen MR) is 67.0 cm³/mol. The molecule has 0 aliphatic heterocycles. The highest BCUT2D eigenvalue weighted by atomic mass is 16.5. The molecule has 0 aliphatic rings. The van der Waals surface area contributed by atoms with Gasteiger partial charge in [-0.2, -0.15) is 0 Å². The number of allylic oxidation sites excluding steroid dienone is 3. The van der Waals surface area contributed by atoms with Crippen molar-refractivity contribution in [3.8, 4) is 5.75 Å². The van der Waals surface area contributed by atoms with Crippen LogP contribution in [0.5, 0.6) is 5.75 Å². The van der Waals surface area contributed by atoms with Gasteiger partial charge in [-0.1, -0.05) is 30.4 Å². The van der Waals surface area contributed by atoms with E-state index in [0.717, 1.165) is 12.2 Å². The fraction of sp³-hybridized carbons (Fsp3) is 0.214. The van der Waals surface area contributed by atoms with Crippen LogP contribution in [0.3, 0.4) is 0 Å². The van der Waals surface area contributed by atoms with E-state index in [1.54, 1.807) is 13.2 Å². The first-order valence-electron chi connectivity index (χ1n) is 5.30. The molecule has 0 aliphatic carbocycles. The number of ether oxygens (including phenoxy) is 2. The van der Waals surface area contributed by atoms with Gasteiger partial charge >= 0.3 is 5.97 Å². The van der Waals surface area contributed by atoms with Crippen molar-refractivity contribution in [2.75, 3.05) is 14.2 Å². The second kappa shape index (κ2) is 7.28. The summed E-state index contributed by atoms with van der Waals surface area (Å²) in [5, 5.41) is 0. The average molecular weight is 232 g/mol. The van der Waals surface area contributed by atoms with Gasteiger partial charge in [-0.3, -0.25) is 0 Å². The van der Waals surface area contributed by atoms with E-state index < -0.39 is 0 Å². The Bertz CT molecular complexity index is 402. The van der Waals surface area contributed by atoms with Crippen LogP contribution in [0.4, 0.5) is 0 Å². The number of carbonyl (C=O) groups is 1. The smallest absolute Gasteiger partial charge is 0.330 e. The molecule has 3 nitrogen and oxygen atoms in total. The van der Waals surface area contributed by atoms with Crippen LogP contribution in [0.25, 0.3) is 0 Å². The lowest BCUT2D eigenvalue weighted by atomic mass is 10.1. The second-order valence-corrected chi connectivity index (χ2v) is 3.36. The molecule has 0 saturated heterocycles. The Labute approximate surface area is 101 Å². The quantitative estimate of drug-likeness (QED) is 0.444. The first kappa shape index (κ1) is 13.0. The summed E-state index contributed by atoms with van der Waals surface area (Å²) in [6.45, 7) is 0. The zero-order chi connectivity index (χ0) is 12.5. The maximum atomic E-state index is 10.8. The molecule has 0 N–H and O–H groups in total. The van der Waals surface area contributed by atoms with E-state index in [1.165, 1.54) is 18.7 Å². The average Bonchev–Trinajstić information content (AvgIpc) is 2.38. The van der Waals surface area contributed by atoms with E-state index in [0.29, 0.717) is 0 Å². The van der Waals surface area contributed by atoms with Crippen LogP contribution >= 0.6 is 0 Å². The molecule has 0 atom stereocenters. The van der Waals surface area contributed by atoms with Gasteiger partial charge in [0.2, 0.25) is 0 Å². The van der Waals surface area contributed by atoms with Gasteiger partial charge in [0.05, 0.1) is 14.2 Å². The normalized spacial score (nSPS) is 10.9. The monoisotopic (exact) mass is 232 g/mol. The van der Waals surface area contributed by atoms with E-state index in [2.05, 4.69) is 4.74 Å². The summed E-state index contributed by atoms with van der Waals surface area (Å²) >= 11 is 0. The van der Waals surface area contributed by atoms with Crippen molar-refractivity contribution in [1.29, 1.82) is 0 Å². The number of hydrogen-bond acceptors (Lipinski definition) is 3. The number of carbonyl (C=O) groups excluding carboxylic acids is 1. The molecule has 0 fully saturated rings. The van der Waals surface area contributed by atoms with Crippen molar-refractivity contribution >= 4 is 5.97 Å². The summed E-state index contributed by atoms with van der Waals surface area (Å²) < 4.78 is 9.54. The molecule has 0 spiro atoms. The molecule has 0 amide bonds. The molecule has 90 valence electrons. The van der Waals surface area contributed by atoms with Crippen molar-refractivity contribution in [2.24, 2.45) is 0 Å². The largest absolute Gasteiger partial charge is 0.497 e. The number of rotatable bonds is 5. The summed E-state index contributed by atoms with van der Waals surface area (Å²) in [6, 6.07) is 7.86. The van der Waals surface area contributed by atoms with Crippen LogP contribution in [0, 0.1) is 0 Å². The number of methoxy groups -OCH3 is 2. The van der Waals surface area contributed by atoms with Gasteiger partial charge < -0.3 is 9.47 Å². The Kier molecular flexibility index (Phi) is 5.58. The van der Waals surface area contributed by atoms with Crippen molar-refractivity contribution in [3.05, 3.63) is 54.1 Å². The van der Waals surface area contributed by atoms with Gasteiger partial charge in [-0.25, -0.2) is 4.79 Å². The molecule has 17 heavy (non-hydrogen) atoms. The minimum Gasteiger partial charge on any atom is -0.497 e. The number of benzene rings is 1. The highest BCUT2D eigenvalue weighted by Gasteiger charge is 1.91. The summed E-state index contributed by atoms with van der Waals surface area (Å²) in [5.74, 6) is 0.502. The van der Waals surface area contributed by atoms with Crippen molar-refractivity contribution in [3.63, 3.8) is 0 Å². The Hall–Kier alpha value is -2.03. The molecular weight excluding hydrogens is 216 g/mol. The topological polar surface area (TPSA) is 35.5 Å². The standard InChI is InChI=1S/C14H16O3/c1-16-13-10-8-12(9-11-13)6-4-3-5-7-14(15)17-2/h3-5,7-11H,6H2,1-2H3/b4-3+,7-5-. The fourth-order valence-corrected chi connectivity index (χ4v) is 1.25. The van der Waals surface area contributed by atoms with Crippen LogP contribution in [0.15, 0.2) is 48.6 Å². The maximum Gasteiger partial charge on any atom is 0.330 e. The number of esters is 1. The summed E-state index contributed by atoms with van der Waals surface area (Å²) in [5.41, 5.74) is 1.19. The van der Waals surface area contributed by atoms with Gasteiger partial charge in [0.1, 0.15) is 5.75 Å². The summed E-state index contributed by atoms with van der Waals surface area (Å²) in [6.07, 6.45) is 7.65. The maximum absolute atomic E-state index is 10.8. The highest BCUT2D eigenvalue weighted by Crippen LogP contribution is 2.11. The molecular formula is C14H16O3. The van der Waals surface area contributed by atoms with Crippen LogP contribution in [-0.2, 0) is 16.0 Å². The summed E-state index contributed by atoms with van der Waals surface area (Å²) in [4.78, 5) is 10.8. The van der Waals surface area contributed by atoms with E-state index in [1.807, 2.05) is 36.4 Å². The van der Waals surface area contributed by atoms with Crippen LogP contribution in [0.1, 0.15) is 5.56 Å². The van der Waals surface area contributed by atoms with Crippen LogP contribution in [-0.4, -0.2) is 20.2 Å². The lowest BCUT2D eigenvalue weighted by molar-refractivity contribution is -0.134. The number of hydrogen-bond donors (Lipinski definition) is 0. The van der Waals surface area contributed by atoms with Crippen molar-refractivity contribution in [1.82, 2.24) is 0 Å². The van der Waals surface area contributed by atoms with E-state index in [9.17, 15) is 4.79 Å². The molecule has 1 rings (SSSR count). The molecule has 0 bridgehead atoms. The van der Waals surface area contributed by atoms with Gasteiger partial charge in [-0.15, -0.1) is 0 Å². The third-order valence-corrected chi connectivity index (χ3v) is 2.19. The zero-order valence-corrected chi connectivity index (χ0v) is 10.1. The Morgan fingerprint density at radius 1 is 1.18 bits per heavy atom. The van der Waals surface area contributed by atoms with Gasteiger partial charge in [0.15, 0.2) is 0 Å². The molecule has 0 saturated carbocycles. The molecule has 1 aromatic carbocycles. The van der Waals surface area contributed by atoms with Crippen molar-refractivity contribution in [2.45, 2.75) is 6.42 Å². The Morgan fingerprint density at radius 3 is 2.47 bits per heavy atom. The summed E-state index contributed by atoms with van der Waals surface area (Å²) in [7, 11) is 3.00.